The van der Waals surface area contributed by atoms with Crippen molar-refractivity contribution < 1.29 is 29.1 Å². The molecule has 150 valence electrons. The van der Waals surface area contributed by atoms with Crippen LogP contribution in [-0.2, 0) is 11.3 Å². The number of aliphatic hydroxyl groups excluding tert-OH is 2. The summed E-state index contributed by atoms with van der Waals surface area (Å²) >= 11 is 0. The van der Waals surface area contributed by atoms with Crippen LogP contribution in [0.2, 0.25) is 0 Å². The number of nitrogens with one attached hydrogen (secondary N) is 1. The molecule has 0 radical (unpaired) electrons. The SMILES string of the molecule is Cc1c(C(O)C(O)CCNC(=O)OCc2ccccc2)cc(F)cc1[N+](=O)[O-]. The standard InChI is InChI=1S/C19H21FN2O6/c1-12-15(9-14(20)10-16(12)22(26)27)18(24)17(23)7-8-21-19(25)28-11-13-5-3-2-4-6-13/h2-6,9-10,17-18,23-24H,7-8,11H2,1H3,(H,21,25). The van der Waals surface area contributed by atoms with Crippen molar-refractivity contribution >= 4 is 11.8 Å². The molecule has 9 heteroatoms. The van der Waals surface area contributed by atoms with Crippen LogP contribution in [0.4, 0.5) is 14.9 Å². The van der Waals surface area contributed by atoms with Gasteiger partial charge in [0, 0.05) is 12.1 Å². The van der Waals surface area contributed by atoms with Crippen molar-refractivity contribution in [2.75, 3.05) is 6.54 Å². The third-order valence-corrected chi connectivity index (χ3v) is 4.19. The Kier molecular flexibility index (Phi) is 7.42. The molecule has 3 N–H and O–H groups in total. The smallest absolute Gasteiger partial charge is 0.407 e. The minimum Gasteiger partial charge on any atom is -0.445 e. The monoisotopic (exact) mass is 392 g/mol. The number of amides is 1. The third kappa shape index (κ3) is 5.73. The van der Waals surface area contributed by atoms with Crippen LogP contribution >= 0.6 is 0 Å². The highest BCUT2D eigenvalue weighted by atomic mass is 19.1. The highest BCUT2D eigenvalue weighted by Gasteiger charge is 2.25. The van der Waals surface area contributed by atoms with Gasteiger partial charge in [0.15, 0.2) is 0 Å². The zero-order valence-corrected chi connectivity index (χ0v) is 15.2. The zero-order valence-electron chi connectivity index (χ0n) is 15.2. The average Bonchev–Trinajstić information content (AvgIpc) is 2.67. The molecule has 1 amide bonds. The number of alkyl carbamates (subject to hydrolysis) is 1. The average molecular weight is 392 g/mol. The Morgan fingerprint density at radius 1 is 1.29 bits per heavy atom. The second-order valence-electron chi connectivity index (χ2n) is 6.19. The molecule has 0 aliphatic rings. The van der Waals surface area contributed by atoms with Crippen LogP contribution in [0.3, 0.4) is 0 Å². The topological polar surface area (TPSA) is 122 Å². The number of ether oxygens (including phenoxy) is 1. The van der Waals surface area contributed by atoms with Crippen molar-refractivity contribution in [2.45, 2.75) is 32.2 Å². The fourth-order valence-corrected chi connectivity index (χ4v) is 2.64. The third-order valence-electron chi connectivity index (χ3n) is 4.19. The fourth-order valence-electron chi connectivity index (χ4n) is 2.64. The van der Waals surface area contributed by atoms with Gasteiger partial charge in [-0.05, 0) is 30.5 Å². The Morgan fingerprint density at radius 2 is 1.96 bits per heavy atom. The van der Waals surface area contributed by atoms with Crippen LogP contribution in [0.5, 0.6) is 0 Å². The molecule has 0 spiro atoms. The number of nitrogens with zero attached hydrogens (tertiary/aromatic N) is 1. The summed E-state index contributed by atoms with van der Waals surface area (Å²) in [4.78, 5) is 21.9. The molecule has 2 aromatic rings. The van der Waals surface area contributed by atoms with E-state index in [1.165, 1.54) is 6.92 Å². The second-order valence-corrected chi connectivity index (χ2v) is 6.19. The molecule has 0 aromatic heterocycles. The lowest BCUT2D eigenvalue weighted by Crippen LogP contribution is -2.30. The number of rotatable bonds is 8. The molecule has 2 unspecified atom stereocenters. The number of carbonyl (C=O) groups is 1. The maximum atomic E-state index is 13.6. The first-order chi connectivity index (χ1) is 13.3. The number of aliphatic hydroxyl groups is 2. The largest absolute Gasteiger partial charge is 0.445 e. The molecular formula is C19H21FN2O6. The quantitative estimate of drug-likeness (QED) is 0.469. The Balaban J connectivity index is 1.86. The van der Waals surface area contributed by atoms with Crippen LogP contribution in [0.25, 0.3) is 0 Å². The van der Waals surface area contributed by atoms with Crippen molar-refractivity contribution in [3.8, 4) is 0 Å². The molecule has 2 rings (SSSR count). The van der Waals surface area contributed by atoms with Crippen LogP contribution in [0.15, 0.2) is 42.5 Å². The molecule has 0 saturated carbocycles. The first-order valence-corrected chi connectivity index (χ1v) is 8.54. The summed E-state index contributed by atoms with van der Waals surface area (Å²) in [5.41, 5.74) is 0.319. The molecule has 0 heterocycles. The van der Waals surface area contributed by atoms with Gasteiger partial charge in [-0.1, -0.05) is 30.3 Å². The maximum absolute atomic E-state index is 13.6. The molecule has 2 aromatic carbocycles. The van der Waals surface area contributed by atoms with E-state index in [4.69, 9.17) is 4.74 Å². The van der Waals surface area contributed by atoms with Gasteiger partial charge in [0.05, 0.1) is 17.1 Å². The first-order valence-electron chi connectivity index (χ1n) is 8.54. The number of benzene rings is 2. The van der Waals surface area contributed by atoms with Gasteiger partial charge in [-0.15, -0.1) is 0 Å². The van der Waals surface area contributed by atoms with Crippen LogP contribution in [0, 0.1) is 22.9 Å². The number of nitro benzene ring substituents is 1. The maximum Gasteiger partial charge on any atom is 0.407 e. The Bertz CT molecular complexity index is 831. The van der Waals surface area contributed by atoms with E-state index in [1.807, 2.05) is 18.2 Å². The number of halogens is 1. The number of carbonyl (C=O) groups excluding carboxylic acids is 1. The van der Waals surface area contributed by atoms with E-state index in [2.05, 4.69) is 5.32 Å². The number of hydrogen-bond donors (Lipinski definition) is 3. The summed E-state index contributed by atoms with van der Waals surface area (Å²) in [5, 5.41) is 33.7. The fraction of sp³-hybridized carbons (Fsp3) is 0.316. The lowest BCUT2D eigenvalue weighted by Gasteiger charge is -2.20. The highest BCUT2D eigenvalue weighted by molar-refractivity contribution is 5.67. The predicted molar refractivity (Wildman–Crippen MR) is 98.0 cm³/mol. The zero-order chi connectivity index (χ0) is 20.7. The molecule has 2 atom stereocenters. The van der Waals surface area contributed by atoms with Gasteiger partial charge in [0.1, 0.15) is 18.5 Å². The predicted octanol–water partition coefficient (Wildman–Crippen LogP) is 2.75. The molecule has 0 bridgehead atoms. The van der Waals surface area contributed by atoms with Gasteiger partial charge in [0.25, 0.3) is 5.69 Å². The molecule has 28 heavy (non-hydrogen) atoms. The van der Waals surface area contributed by atoms with E-state index in [0.29, 0.717) is 0 Å². The Morgan fingerprint density at radius 3 is 2.61 bits per heavy atom. The van der Waals surface area contributed by atoms with Gasteiger partial charge in [-0.2, -0.15) is 0 Å². The van der Waals surface area contributed by atoms with E-state index in [-0.39, 0.29) is 30.7 Å². The van der Waals surface area contributed by atoms with Crippen molar-refractivity contribution in [3.63, 3.8) is 0 Å². The van der Waals surface area contributed by atoms with Crippen molar-refractivity contribution in [1.29, 1.82) is 0 Å². The molecule has 0 aliphatic heterocycles. The highest BCUT2D eigenvalue weighted by Crippen LogP contribution is 2.29. The van der Waals surface area contributed by atoms with Crippen molar-refractivity contribution in [2.24, 2.45) is 0 Å². The van der Waals surface area contributed by atoms with Gasteiger partial charge >= 0.3 is 6.09 Å². The number of hydrogen-bond acceptors (Lipinski definition) is 6. The summed E-state index contributed by atoms with van der Waals surface area (Å²) in [6, 6.07) is 10.8. The van der Waals surface area contributed by atoms with E-state index in [1.54, 1.807) is 12.1 Å². The minimum atomic E-state index is -1.54. The van der Waals surface area contributed by atoms with Gasteiger partial charge in [-0.25, -0.2) is 9.18 Å². The summed E-state index contributed by atoms with van der Waals surface area (Å²) in [6.07, 6.45) is -3.67. The Labute approximate surface area is 160 Å². The first kappa shape index (κ1) is 21.3. The normalized spacial score (nSPS) is 12.9. The van der Waals surface area contributed by atoms with Crippen molar-refractivity contribution in [3.05, 3.63) is 75.1 Å². The second kappa shape index (κ2) is 9.77. The minimum absolute atomic E-state index is 0.0116. The van der Waals surface area contributed by atoms with E-state index < -0.39 is 34.7 Å². The Hall–Kier alpha value is -3.04. The van der Waals surface area contributed by atoms with Crippen LogP contribution in [-0.4, -0.2) is 33.9 Å². The number of nitro groups is 1. The molecule has 0 saturated heterocycles. The summed E-state index contributed by atoms with van der Waals surface area (Å²) in [7, 11) is 0. The van der Waals surface area contributed by atoms with Crippen molar-refractivity contribution in [1.82, 2.24) is 5.32 Å². The van der Waals surface area contributed by atoms with Gasteiger partial charge in [0.2, 0.25) is 0 Å². The molecule has 0 fully saturated rings. The molecule has 8 nitrogen and oxygen atoms in total. The van der Waals surface area contributed by atoms with E-state index >= 15 is 0 Å². The molecular weight excluding hydrogens is 371 g/mol. The van der Waals surface area contributed by atoms with Crippen LogP contribution in [0.1, 0.15) is 29.2 Å². The summed E-state index contributed by atoms with van der Waals surface area (Å²) < 4.78 is 18.6. The lowest BCUT2D eigenvalue weighted by atomic mass is 9.96. The van der Waals surface area contributed by atoms with Gasteiger partial charge < -0.3 is 20.3 Å². The molecule has 0 aliphatic carbocycles. The summed E-state index contributed by atoms with van der Waals surface area (Å²) in [5.74, 6) is -0.888. The lowest BCUT2D eigenvalue weighted by molar-refractivity contribution is -0.385. The van der Waals surface area contributed by atoms with E-state index in [9.17, 15) is 29.5 Å². The van der Waals surface area contributed by atoms with Crippen LogP contribution < -0.4 is 5.32 Å². The van der Waals surface area contributed by atoms with E-state index in [0.717, 1.165) is 17.7 Å². The summed E-state index contributed by atoms with van der Waals surface area (Å²) in [6.45, 7) is 1.44. The van der Waals surface area contributed by atoms with Gasteiger partial charge in [-0.3, -0.25) is 10.1 Å².